The van der Waals surface area contributed by atoms with Crippen LogP contribution in [-0.2, 0) is 5.54 Å². The van der Waals surface area contributed by atoms with Crippen molar-refractivity contribution in [1.82, 2.24) is 10.1 Å². The highest BCUT2D eigenvalue weighted by molar-refractivity contribution is 6.31. The molecule has 1 aliphatic rings. The van der Waals surface area contributed by atoms with Crippen LogP contribution in [0.15, 0.2) is 22.7 Å². The quantitative estimate of drug-likeness (QED) is 0.913. The Kier molecular flexibility index (Phi) is 3.07. The zero-order chi connectivity index (χ0) is 13.5. The molecule has 0 saturated heterocycles. The highest BCUT2D eigenvalue weighted by Crippen LogP contribution is 2.35. The maximum atomic E-state index is 6.32. The third-order valence-electron chi connectivity index (χ3n) is 3.77. The van der Waals surface area contributed by atoms with Gasteiger partial charge in [0, 0.05) is 10.6 Å². The summed E-state index contributed by atoms with van der Waals surface area (Å²) in [5.41, 5.74) is 7.77. The third kappa shape index (κ3) is 2.26. The van der Waals surface area contributed by atoms with Crippen LogP contribution in [0.4, 0.5) is 0 Å². The first kappa shape index (κ1) is 12.6. The van der Waals surface area contributed by atoms with Gasteiger partial charge in [0.05, 0.1) is 5.54 Å². The summed E-state index contributed by atoms with van der Waals surface area (Å²) in [5.74, 6) is 1.12. The molecule has 1 saturated carbocycles. The maximum absolute atomic E-state index is 6.32. The summed E-state index contributed by atoms with van der Waals surface area (Å²) in [6.45, 7) is 1.95. The minimum Gasteiger partial charge on any atom is -0.334 e. The van der Waals surface area contributed by atoms with Crippen molar-refractivity contribution in [2.45, 2.75) is 38.1 Å². The number of aromatic nitrogens is 2. The van der Waals surface area contributed by atoms with Gasteiger partial charge in [-0.3, -0.25) is 0 Å². The monoisotopic (exact) mass is 277 g/mol. The van der Waals surface area contributed by atoms with E-state index in [0.717, 1.165) is 41.8 Å². The summed E-state index contributed by atoms with van der Waals surface area (Å²) >= 11 is 6.01. The van der Waals surface area contributed by atoms with Crippen molar-refractivity contribution in [3.05, 3.63) is 34.6 Å². The van der Waals surface area contributed by atoms with Crippen molar-refractivity contribution in [3.63, 3.8) is 0 Å². The van der Waals surface area contributed by atoms with E-state index in [4.69, 9.17) is 21.9 Å². The van der Waals surface area contributed by atoms with Crippen LogP contribution in [0.25, 0.3) is 11.5 Å². The lowest BCUT2D eigenvalue weighted by Gasteiger charge is -2.17. The number of aryl methyl sites for hydroxylation is 1. The number of hydrogen-bond acceptors (Lipinski definition) is 4. The first-order chi connectivity index (χ1) is 9.08. The summed E-state index contributed by atoms with van der Waals surface area (Å²) in [4.78, 5) is 4.46. The third-order valence-corrected chi connectivity index (χ3v) is 4.20. The largest absolute Gasteiger partial charge is 0.334 e. The molecule has 19 heavy (non-hydrogen) atoms. The van der Waals surface area contributed by atoms with Gasteiger partial charge in [-0.15, -0.1) is 0 Å². The van der Waals surface area contributed by atoms with Crippen molar-refractivity contribution in [2.24, 2.45) is 5.73 Å². The molecule has 1 aromatic carbocycles. The molecule has 1 aromatic heterocycles. The Morgan fingerprint density at radius 1 is 1.32 bits per heavy atom. The van der Waals surface area contributed by atoms with Gasteiger partial charge in [0.25, 0.3) is 5.89 Å². The van der Waals surface area contributed by atoms with Gasteiger partial charge >= 0.3 is 0 Å². The van der Waals surface area contributed by atoms with Crippen molar-refractivity contribution < 1.29 is 4.52 Å². The summed E-state index contributed by atoms with van der Waals surface area (Å²) in [6, 6.07) is 5.66. The molecule has 100 valence electrons. The molecular weight excluding hydrogens is 262 g/mol. The van der Waals surface area contributed by atoms with Gasteiger partial charge < -0.3 is 10.3 Å². The Hall–Kier alpha value is -1.39. The fourth-order valence-corrected chi connectivity index (χ4v) is 2.67. The van der Waals surface area contributed by atoms with Crippen LogP contribution in [0, 0.1) is 6.92 Å². The van der Waals surface area contributed by atoms with Gasteiger partial charge in [-0.2, -0.15) is 4.98 Å². The van der Waals surface area contributed by atoms with Crippen LogP contribution in [0.5, 0.6) is 0 Å². The topological polar surface area (TPSA) is 64.9 Å². The zero-order valence-corrected chi connectivity index (χ0v) is 11.6. The highest BCUT2D eigenvalue weighted by Gasteiger charge is 2.36. The molecule has 1 aliphatic carbocycles. The van der Waals surface area contributed by atoms with E-state index < -0.39 is 5.54 Å². The molecule has 0 spiro atoms. The van der Waals surface area contributed by atoms with Crippen LogP contribution >= 0.6 is 11.6 Å². The lowest BCUT2D eigenvalue weighted by molar-refractivity contribution is 0.372. The van der Waals surface area contributed by atoms with Crippen molar-refractivity contribution in [2.75, 3.05) is 0 Å². The second kappa shape index (κ2) is 4.62. The number of benzene rings is 1. The molecule has 0 radical (unpaired) electrons. The average molecular weight is 278 g/mol. The number of nitrogens with zero attached hydrogens (tertiary/aromatic N) is 2. The fraction of sp³-hybridized carbons (Fsp3) is 0.429. The number of halogens is 1. The number of rotatable bonds is 2. The van der Waals surface area contributed by atoms with Crippen molar-refractivity contribution in [3.8, 4) is 11.5 Å². The fourth-order valence-electron chi connectivity index (χ4n) is 2.55. The van der Waals surface area contributed by atoms with Crippen LogP contribution in [0.3, 0.4) is 0 Å². The molecule has 0 bridgehead atoms. The molecule has 1 heterocycles. The Balaban J connectivity index is 1.94. The molecule has 2 N–H and O–H groups in total. The van der Waals surface area contributed by atoms with Gasteiger partial charge in [-0.05, 0) is 43.5 Å². The van der Waals surface area contributed by atoms with Crippen molar-refractivity contribution >= 4 is 11.6 Å². The van der Waals surface area contributed by atoms with Crippen LogP contribution in [0.2, 0.25) is 5.02 Å². The van der Waals surface area contributed by atoms with E-state index in [1.807, 2.05) is 25.1 Å². The summed E-state index contributed by atoms with van der Waals surface area (Å²) in [7, 11) is 0. The number of hydrogen-bond donors (Lipinski definition) is 1. The molecule has 3 rings (SSSR count). The van der Waals surface area contributed by atoms with E-state index in [2.05, 4.69) is 10.1 Å². The molecule has 0 unspecified atom stereocenters. The lowest BCUT2D eigenvalue weighted by atomic mass is 9.98. The average Bonchev–Trinajstić information content (AvgIpc) is 3.02. The lowest BCUT2D eigenvalue weighted by Crippen LogP contribution is -2.34. The Morgan fingerprint density at radius 2 is 2.05 bits per heavy atom. The van der Waals surface area contributed by atoms with E-state index in [0.29, 0.717) is 11.7 Å². The summed E-state index contributed by atoms with van der Waals surface area (Å²) in [6.07, 6.45) is 4.10. The Labute approximate surface area is 117 Å². The van der Waals surface area contributed by atoms with Gasteiger partial charge in [0.2, 0.25) is 0 Å². The predicted octanol–water partition coefficient (Wildman–Crippen LogP) is 3.43. The number of nitrogens with two attached hydrogens (primary N) is 1. The zero-order valence-electron chi connectivity index (χ0n) is 10.8. The Morgan fingerprint density at radius 3 is 2.74 bits per heavy atom. The highest BCUT2D eigenvalue weighted by atomic mass is 35.5. The van der Waals surface area contributed by atoms with Gasteiger partial charge in [0.15, 0.2) is 5.82 Å². The van der Waals surface area contributed by atoms with Crippen LogP contribution < -0.4 is 5.73 Å². The van der Waals surface area contributed by atoms with Gasteiger partial charge in [0.1, 0.15) is 0 Å². The SMILES string of the molecule is Cc1cc(-c2nc(C3(N)CCCC3)no2)ccc1Cl. The van der Waals surface area contributed by atoms with Gasteiger partial charge in [-0.1, -0.05) is 29.6 Å². The molecule has 2 aromatic rings. The maximum Gasteiger partial charge on any atom is 0.258 e. The van der Waals surface area contributed by atoms with Gasteiger partial charge in [-0.25, -0.2) is 0 Å². The minimum atomic E-state index is -0.413. The van der Waals surface area contributed by atoms with E-state index in [9.17, 15) is 0 Å². The molecule has 5 heteroatoms. The molecule has 4 nitrogen and oxygen atoms in total. The van der Waals surface area contributed by atoms with E-state index in [1.165, 1.54) is 0 Å². The molecule has 0 aliphatic heterocycles. The first-order valence-corrected chi connectivity index (χ1v) is 6.86. The van der Waals surface area contributed by atoms with Crippen LogP contribution in [-0.4, -0.2) is 10.1 Å². The standard InChI is InChI=1S/C14H16ClN3O/c1-9-8-10(4-5-11(9)15)12-17-13(18-19-12)14(16)6-2-3-7-14/h4-5,8H,2-3,6-7,16H2,1H3. The summed E-state index contributed by atoms with van der Waals surface area (Å²) in [5, 5.41) is 4.79. The van der Waals surface area contributed by atoms with E-state index in [-0.39, 0.29) is 0 Å². The van der Waals surface area contributed by atoms with E-state index >= 15 is 0 Å². The second-order valence-corrected chi connectivity index (χ2v) is 5.66. The van der Waals surface area contributed by atoms with Crippen LogP contribution in [0.1, 0.15) is 37.1 Å². The molecule has 0 atom stereocenters. The second-order valence-electron chi connectivity index (χ2n) is 5.25. The predicted molar refractivity (Wildman–Crippen MR) is 73.8 cm³/mol. The first-order valence-electron chi connectivity index (χ1n) is 6.48. The van der Waals surface area contributed by atoms with E-state index in [1.54, 1.807) is 0 Å². The van der Waals surface area contributed by atoms with Crippen molar-refractivity contribution in [1.29, 1.82) is 0 Å². The molecule has 1 fully saturated rings. The summed E-state index contributed by atoms with van der Waals surface area (Å²) < 4.78 is 5.34. The molecular formula is C14H16ClN3O. The normalized spacial score (nSPS) is 17.8. The smallest absolute Gasteiger partial charge is 0.258 e. The molecule has 0 amide bonds. The minimum absolute atomic E-state index is 0.413. The Bertz CT molecular complexity index is 602.